The summed E-state index contributed by atoms with van der Waals surface area (Å²) in [6, 6.07) is 3.50. The molecule has 1 saturated heterocycles. The summed E-state index contributed by atoms with van der Waals surface area (Å²) < 4.78 is 47.3. The number of hydrogen-bond donors (Lipinski definition) is 2. The second-order valence-electron chi connectivity index (χ2n) is 11.5. The van der Waals surface area contributed by atoms with Crippen LogP contribution in [0.5, 0.6) is 0 Å². The summed E-state index contributed by atoms with van der Waals surface area (Å²) in [4.78, 5) is 23.8. The molecule has 10 nitrogen and oxygen atoms in total. The van der Waals surface area contributed by atoms with Crippen molar-refractivity contribution in [2.45, 2.75) is 25.4 Å². The fraction of sp³-hybridized carbons (Fsp3) is 0.300. The fourth-order valence-electron chi connectivity index (χ4n) is 5.64. The number of nitrogen functional groups attached to an aromatic ring is 2. The van der Waals surface area contributed by atoms with E-state index in [1.165, 1.54) is 18.5 Å². The minimum atomic E-state index is -1.10. The highest BCUT2D eigenvalue weighted by Crippen LogP contribution is 2.47. The van der Waals surface area contributed by atoms with E-state index in [1.807, 2.05) is 32.0 Å². The van der Waals surface area contributed by atoms with Gasteiger partial charge in [-0.05, 0) is 34.0 Å². The quantitative estimate of drug-likeness (QED) is 0.233. The van der Waals surface area contributed by atoms with E-state index in [9.17, 15) is 9.65 Å². The van der Waals surface area contributed by atoms with Crippen LogP contribution >= 0.6 is 22.9 Å². The second kappa shape index (κ2) is 10.9. The third kappa shape index (κ3) is 4.73. The van der Waals surface area contributed by atoms with E-state index in [1.54, 1.807) is 11.9 Å². The molecule has 1 atom stereocenters. The van der Waals surface area contributed by atoms with Crippen LogP contribution in [0.15, 0.2) is 24.5 Å². The molecule has 0 unspecified atom stereocenters. The molecule has 232 valence electrons. The number of anilines is 4. The lowest BCUT2D eigenvalue weighted by atomic mass is 9.91. The van der Waals surface area contributed by atoms with Crippen molar-refractivity contribution in [2.24, 2.45) is 0 Å². The highest BCUT2D eigenvalue weighted by Gasteiger charge is 2.42. The van der Waals surface area contributed by atoms with E-state index in [0.717, 1.165) is 11.3 Å². The zero-order chi connectivity index (χ0) is 32.5. The third-order valence-corrected chi connectivity index (χ3v) is 9.93. The molecule has 4 heterocycles. The van der Waals surface area contributed by atoms with Gasteiger partial charge in [-0.3, -0.25) is 4.98 Å². The van der Waals surface area contributed by atoms with Crippen molar-refractivity contribution < 1.29 is 13.2 Å². The Bertz CT molecular complexity index is 2050. The van der Waals surface area contributed by atoms with Gasteiger partial charge in [-0.15, -0.1) is 11.3 Å². The summed E-state index contributed by atoms with van der Waals surface area (Å²) >= 11 is 7.50. The molecule has 2 aromatic carbocycles. The van der Waals surface area contributed by atoms with E-state index < -0.39 is 23.5 Å². The normalized spacial score (nSPS) is 15.0. The smallest absolute Gasteiger partial charge is 0.228 e. The van der Waals surface area contributed by atoms with Crippen molar-refractivity contribution in [3.63, 3.8) is 0 Å². The molecule has 45 heavy (non-hydrogen) atoms. The van der Waals surface area contributed by atoms with Crippen LogP contribution in [0.4, 0.5) is 35.8 Å². The highest BCUT2D eigenvalue weighted by atomic mass is 35.5. The molecular formula is C30H28ClF3N10S. The zero-order valence-electron chi connectivity index (χ0n) is 25.0. The van der Waals surface area contributed by atoms with Crippen LogP contribution in [-0.4, -0.2) is 64.6 Å². The Balaban J connectivity index is 1.62. The predicted octanol–water partition coefficient (Wildman–Crippen LogP) is 5.75. The topological polar surface area (TPSA) is 137 Å². The Morgan fingerprint density at radius 2 is 1.76 bits per heavy atom. The van der Waals surface area contributed by atoms with Gasteiger partial charge in [0.25, 0.3) is 0 Å². The number of hydrogen-bond acceptors (Lipinski definition) is 11. The first-order valence-corrected chi connectivity index (χ1v) is 15.0. The van der Waals surface area contributed by atoms with Crippen molar-refractivity contribution in [3.05, 3.63) is 58.3 Å². The largest absolute Gasteiger partial charge is 0.389 e. The van der Waals surface area contributed by atoms with Crippen molar-refractivity contribution in [1.29, 1.82) is 5.26 Å². The summed E-state index contributed by atoms with van der Waals surface area (Å²) in [5.41, 5.74) is 11.4. The minimum Gasteiger partial charge on any atom is -0.389 e. The molecule has 0 aliphatic carbocycles. The van der Waals surface area contributed by atoms with E-state index >= 15 is 8.78 Å². The average Bonchev–Trinajstić information content (AvgIpc) is 3.32. The second-order valence-corrected chi connectivity index (χ2v) is 13.0. The molecule has 1 aliphatic heterocycles. The molecule has 1 fully saturated rings. The van der Waals surface area contributed by atoms with Crippen LogP contribution in [-0.2, 0) is 0 Å². The van der Waals surface area contributed by atoms with Gasteiger partial charge in [0.2, 0.25) is 5.95 Å². The molecule has 0 radical (unpaired) electrons. The van der Waals surface area contributed by atoms with Crippen LogP contribution in [0.1, 0.15) is 31.1 Å². The Labute approximate surface area is 265 Å². The molecule has 0 saturated carbocycles. The van der Waals surface area contributed by atoms with Crippen LogP contribution in [0.25, 0.3) is 32.1 Å². The maximum absolute atomic E-state index is 16.9. The van der Waals surface area contributed by atoms with Gasteiger partial charge in [-0.2, -0.15) is 10.2 Å². The number of nitrogens with two attached hydrogens (primary N) is 2. The first kappa shape index (κ1) is 30.6. The molecule has 6 rings (SSSR count). The van der Waals surface area contributed by atoms with Gasteiger partial charge in [-0.1, -0.05) is 11.6 Å². The monoisotopic (exact) mass is 652 g/mol. The van der Waals surface area contributed by atoms with Crippen LogP contribution < -0.4 is 21.3 Å². The SMILES string of the molecule is C[C@H](c1nccnc1N)N(C)c1nc(N2CC(C)(N(C)C)C2)nc2c(F)c(-c3c(F)cc(F)c4sc(N)c(C#N)c34)c(Cl)cc12. The van der Waals surface area contributed by atoms with Gasteiger partial charge in [0.05, 0.1) is 26.9 Å². The summed E-state index contributed by atoms with van der Waals surface area (Å²) in [6.07, 6.45) is 3.01. The summed E-state index contributed by atoms with van der Waals surface area (Å²) in [5, 5.41) is 9.66. The molecule has 5 aromatic rings. The minimum absolute atomic E-state index is 0.0249. The number of benzene rings is 2. The molecule has 0 amide bonds. The molecule has 15 heteroatoms. The lowest BCUT2D eigenvalue weighted by molar-refractivity contribution is 0.132. The van der Waals surface area contributed by atoms with Gasteiger partial charge >= 0.3 is 0 Å². The van der Waals surface area contributed by atoms with E-state index in [0.29, 0.717) is 30.7 Å². The average molecular weight is 653 g/mol. The maximum Gasteiger partial charge on any atom is 0.228 e. The van der Waals surface area contributed by atoms with Crippen molar-refractivity contribution in [2.75, 3.05) is 55.5 Å². The standard InChI is InChI=1S/C30H28ClF3N10S/c1-13(23-26(36)39-7-6-38-23)43(5)28-14-8-16(31)20(21-17(32)9-18(33)25-19(21)15(10-35)27(37)45-25)22(34)24(14)40-29(41-28)44-11-30(2,12-44)42(3)4/h6-9,13H,11-12,37H2,1-5H3,(H2,36,39)/t13-/m1/s1. The number of likely N-dealkylation sites (N-methyl/N-ethyl adjacent to an activating group) is 1. The van der Waals surface area contributed by atoms with Gasteiger partial charge in [-0.25, -0.2) is 23.1 Å². The number of fused-ring (bicyclic) bond motifs is 2. The van der Waals surface area contributed by atoms with Crippen molar-refractivity contribution in [1.82, 2.24) is 24.8 Å². The number of nitriles is 1. The Morgan fingerprint density at radius 3 is 2.40 bits per heavy atom. The Kier molecular flexibility index (Phi) is 7.38. The van der Waals surface area contributed by atoms with Crippen LogP contribution in [0.3, 0.4) is 0 Å². The molecule has 3 aromatic heterocycles. The number of nitrogens with zero attached hydrogens (tertiary/aromatic N) is 8. The molecule has 0 spiro atoms. The molecular weight excluding hydrogens is 625 g/mol. The number of aromatic nitrogens is 4. The van der Waals surface area contributed by atoms with Crippen molar-refractivity contribution in [3.8, 4) is 17.2 Å². The first-order valence-electron chi connectivity index (χ1n) is 13.8. The fourth-order valence-corrected chi connectivity index (χ4v) is 6.85. The summed E-state index contributed by atoms with van der Waals surface area (Å²) in [6.45, 7) is 5.07. The maximum atomic E-state index is 16.9. The number of halogens is 4. The van der Waals surface area contributed by atoms with E-state index in [2.05, 4.69) is 26.8 Å². The van der Waals surface area contributed by atoms with Crippen LogP contribution in [0, 0.1) is 28.8 Å². The summed E-state index contributed by atoms with van der Waals surface area (Å²) in [7, 11) is 5.70. The van der Waals surface area contributed by atoms with E-state index in [4.69, 9.17) is 28.1 Å². The lowest BCUT2D eigenvalue weighted by Gasteiger charge is -2.52. The third-order valence-electron chi connectivity index (χ3n) is 8.60. The summed E-state index contributed by atoms with van der Waals surface area (Å²) in [5.74, 6) is -2.19. The van der Waals surface area contributed by atoms with Crippen molar-refractivity contribution >= 4 is 66.5 Å². The first-order chi connectivity index (χ1) is 21.3. The van der Waals surface area contributed by atoms with Gasteiger partial charge in [0.15, 0.2) is 5.82 Å². The number of rotatable bonds is 6. The predicted molar refractivity (Wildman–Crippen MR) is 172 cm³/mol. The van der Waals surface area contributed by atoms with Gasteiger partial charge < -0.3 is 26.2 Å². The van der Waals surface area contributed by atoms with Crippen LogP contribution in [0.2, 0.25) is 5.02 Å². The lowest BCUT2D eigenvalue weighted by Crippen LogP contribution is -2.67. The molecule has 4 N–H and O–H groups in total. The Morgan fingerprint density at radius 1 is 1.07 bits per heavy atom. The van der Waals surface area contributed by atoms with E-state index in [-0.39, 0.29) is 65.0 Å². The molecule has 1 aliphatic rings. The van der Waals surface area contributed by atoms with Gasteiger partial charge in [0, 0.05) is 60.5 Å². The molecule has 0 bridgehead atoms. The number of thiophene rings is 1. The Hall–Kier alpha value is -4.45. The zero-order valence-corrected chi connectivity index (χ0v) is 26.5. The highest BCUT2D eigenvalue weighted by molar-refractivity contribution is 7.23. The van der Waals surface area contributed by atoms with Gasteiger partial charge in [0.1, 0.15) is 45.6 Å².